The highest BCUT2D eigenvalue weighted by atomic mass is 15.2. The summed E-state index contributed by atoms with van der Waals surface area (Å²) in [6.45, 7) is 6.25. The number of hydrogen-bond donors (Lipinski definition) is 0. The Balaban J connectivity index is 2.66. The van der Waals surface area contributed by atoms with Crippen molar-refractivity contribution in [1.82, 2.24) is 14.6 Å². The van der Waals surface area contributed by atoms with Crippen molar-refractivity contribution in [3.05, 3.63) is 29.7 Å². The zero-order valence-electron chi connectivity index (χ0n) is 8.07. The van der Waals surface area contributed by atoms with E-state index in [1.54, 1.807) is 4.52 Å². The van der Waals surface area contributed by atoms with Crippen molar-refractivity contribution in [2.75, 3.05) is 0 Å². The fourth-order valence-corrected chi connectivity index (χ4v) is 1.23. The number of aromatic nitrogens is 3. The summed E-state index contributed by atoms with van der Waals surface area (Å²) in [5.41, 5.74) is 3.07. The zero-order chi connectivity index (χ0) is 9.42. The lowest BCUT2D eigenvalue weighted by atomic mass is 10.1. The molecule has 0 aliphatic heterocycles. The van der Waals surface area contributed by atoms with Crippen LogP contribution in [-0.4, -0.2) is 14.6 Å². The zero-order valence-corrected chi connectivity index (χ0v) is 8.07. The minimum absolute atomic E-state index is 0.440. The van der Waals surface area contributed by atoms with Crippen LogP contribution in [0, 0.1) is 13.1 Å². The smallest absolute Gasteiger partial charge is 0.158 e. The fraction of sp³-hybridized carbons (Fsp3) is 0.400. The third kappa shape index (κ3) is 1.30. The molecule has 0 aliphatic carbocycles. The van der Waals surface area contributed by atoms with Gasteiger partial charge in [-0.05, 0) is 18.9 Å². The highest BCUT2D eigenvalue weighted by molar-refractivity contribution is 5.45. The lowest BCUT2D eigenvalue weighted by Gasteiger charge is -2.03. The maximum Gasteiger partial charge on any atom is 0.158 e. The largest absolute Gasteiger partial charge is 0.233 e. The van der Waals surface area contributed by atoms with Crippen molar-refractivity contribution in [3.63, 3.8) is 0 Å². The predicted octanol–water partition coefficient (Wildman–Crippen LogP) is 1.96. The van der Waals surface area contributed by atoms with Crippen LogP contribution in [0.4, 0.5) is 0 Å². The normalized spacial score (nSPS) is 11.4. The lowest BCUT2D eigenvalue weighted by molar-refractivity contribution is 0.806. The van der Waals surface area contributed by atoms with E-state index >= 15 is 0 Å². The van der Waals surface area contributed by atoms with Gasteiger partial charge in [0.2, 0.25) is 0 Å². The Bertz CT molecular complexity index is 429. The summed E-state index contributed by atoms with van der Waals surface area (Å²) < 4.78 is 1.68. The molecule has 3 nitrogen and oxygen atoms in total. The monoisotopic (exact) mass is 174 g/mol. The SMILES string of the molecule is Cc1cnn2[c]cc(C(C)C)nc12. The Morgan fingerprint density at radius 3 is 2.92 bits per heavy atom. The fourth-order valence-electron chi connectivity index (χ4n) is 1.23. The molecule has 3 heteroatoms. The van der Waals surface area contributed by atoms with E-state index < -0.39 is 0 Å². The topological polar surface area (TPSA) is 30.2 Å². The van der Waals surface area contributed by atoms with Gasteiger partial charge in [-0.3, -0.25) is 0 Å². The summed E-state index contributed by atoms with van der Waals surface area (Å²) in [7, 11) is 0. The van der Waals surface area contributed by atoms with Crippen LogP contribution >= 0.6 is 0 Å². The minimum Gasteiger partial charge on any atom is -0.233 e. The number of rotatable bonds is 1. The van der Waals surface area contributed by atoms with Crippen LogP contribution in [-0.2, 0) is 0 Å². The summed E-state index contributed by atoms with van der Waals surface area (Å²) >= 11 is 0. The van der Waals surface area contributed by atoms with Crippen LogP contribution in [0.5, 0.6) is 0 Å². The first kappa shape index (κ1) is 8.23. The lowest BCUT2D eigenvalue weighted by Crippen LogP contribution is -1.97. The molecule has 2 rings (SSSR count). The maximum absolute atomic E-state index is 4.50. The Morgan fingerprint density at radius 2 is 2.23 bits per heavy atom. The van der Waals surface area contributed by atoms with Crippen molar-refractivity contribution in [2.45, 2.75) is 26.7 Å². The first-order chi connectivity index (χ1) is 6.18. The molecule has 0 atom stereocenters. The summed E-state index contributed by atoms with van der Waals surface area (Å²) in [5.74, 6) is 0.440. The molecule has 0 amide bonds. The molecule has 0 aromatic carbocycles. The molecular formula is C10H12N3. The molecule has 2 aromatic rings. The second-order valence-corrected chi connectivity index (χ2v) is 3.53. The van der Waals surface area contributed by atoms with E-state index in [9.17, 15) is 0 Å². The second kappa shape index (κ2) is 2.83. The summed E-state index contributed by atoms with van der Waals surface area (Å²) in [6.07, 6.45) is 4.87. The van der Waals surface area contributed by atoms with Gasteiger partial charge in [-0.15, -0.1) is 0 Å². The minimum atomic E-state index is 0.440. The van der Waals surface area contributed by atoms with E-state index in [1.165, 1.54) is 0 Å². The van der Waals surface area contributed by atoms with Crippen molar-refractivity contribution in [1.29, 1.82) is 0 Å². The van der Waals surface area contributed by atoms with Crippen LogP contribution in [0.2, 0.25) is 0 Å². The summed E-state index contributed by atoms with van der Waals surface area (Å²) in [4.78, 5) is 4.50. The van der Waals surface area contributed by atoms with Gasteiger partial charge in [-0.2, -0.15) is 5.10 Å². The predicted molar refractivity (Wildman–Crippen MR) is 50.6 cm³/mol. The molecule has 2 aromatic heterocycles. The van der Waals surface area contributed by atoms with Crippen molar-refractivity contribution < 1.29 is 0 Å². The van der Waals surface area contributed by atoms with Crippen molar-refractivity contribution >= 4 is 5.65 Å². The average Bonchev–Trinajstić information content (AvgIpc) is 2.47. The number of hydrogen-bond acceptors (Lipinski definition) is 2. The van der Waals surface area contributed by atoms with E-state index in [0.29, 0.717) is 5.92 Å². The molecule has 67 valence electrons. The van der Waals surface area contributed by atoms with Gasteiger partial charge in [0.15, 0.2) is 5.65 Å². The van der Waals surface area contributed by atoms with Crippen LogP contribution in [0.25, 0.3) is 5.65 Å². The molecule has 0 N–H and O–H groups in total. The van der Waals surface area contributed by atoms with Gasteiger partial charge in [-0.1, -0.05) is 13.8 Å². The van der Waals surface area contributed by atoms with Crippen LogP contribution in [0.3, 0.4) is 0 Å². The molecule has 1 radical (unpaired) electrons. The second-order valence-electron chi connectivity index (χ2n) is 3.53. The van der Waals surface area contributed by atoms with Gasteiger partial charge >= 0.3 is 0 Å². The quantitative estimate of drug-likeness (QED) is 0.661. The van der Waals surface area contributed by atoms with Gasteiger partial charge in [0.25, 0.3) is 0 Å². The molecule has 2 heterocycles. The van der Waals surface area contributed by atoms with Gasteiger partial charge in [0.05, 0.1) is 12.4 Å². The Hall–Kier alpha value is -1.38. The van der Waals surface area contributed by atoms with E-state index in [1.807, 2.05) is 19.2 Å². The highest BCUT2D eigenvalue weighted by Gasteiger charge is 2.05. The number of fused-ring (bicyclic) bond motifs is 1. The molecule has 13 heavy (non-hydrogen) atoms. The molecule has 0 unspecified atom stereocenters. The van der Waals surface area contributed by atoms with E-state index in [-0.39, 0.29) is 0 Å². The molecule has 0 bridgehead atoms. The molecule has 0 fully saturated rings. The van der Waals surface area contributed by atoms with E-state index in [0.717, 1.165) is 16.9 Å². The van der Waals surface area contributed by atoms with Gasteiger partial charge in [0.1, 0.15) is 0 Å². The third-order valence-electron chi connectivity index (χ3n) is 2.08. The first-order valence-electron chi connectivity index (χ1n) is 4.41. The molecule has 0 saturated carbocycles. The van der Waals surface area contributed by atoms with Crippen molar-refractivity contribution in [3.8, 4) is 0 Å². The van der Waals surface area contributed by atoms with Crippen LogP contribution in [0.1, 0.15) is 31.0 Å². The molecule has 0 saturated heterocycles. The Morgan fingerprint density at radius 1 is 1.46 bits per heavy atom. The average molecular weight is 174 g/mol. The summed E-state index contributed by atoms with van der Waals surface area (Å²) in [6, 6.07) is 1.89. The van der Waals surface area contributed by atoms with Gasteiger partial charge in [0, 0.05) is 11.3 Å². The van der Waals surface area contributed by atoms with Crippen molar-refractivity contribution in [2.24, 2.45) is 0 Å². The summed E-state index contributed by atoms with van der Waals surface area (Å²) in [5, 5.41) is 4.12. The Kier molecular flexibility index (Phi) is 1.79. The highest BCUT2D eigenvalue weighted by Crippen LogP contribution is 2.13. The van der Waals surface area contributed by atoms with Gasteiger partial charge < -0.3 is 0 Å². The third-order valence-corrected chi connectivity index (χ3v) is 2.08. The van der Waals surface area contributed by atoms with Gasteiger partial charge in [-0.25, -0.2) is 9.50 Å². The maximum atomic E-state index is 4.50. The Labute approximate surface area is 77.4 Å². The molecule has 0 aliphatic rings. The van der Waals surface area contributed by atoms with E-state index in [2.05, 4.69) is 30.1 Å². The molecule has 0 spiro atoms. The number of aryl methyl sites for hydroxylation is 1. The van der Waals surface area contributed by atoms with Crippen LogP contribution < -0.4 is 0 Å². The first-order valence-corrected chi connectivity index (χ1v) is 4.41. The molecular weight excluding hydrogens is 162 g/mol. The number of nitrogens with zero attached hydrogens (tertiary/aromatic N) is 3. The standard InChI is InChI=1S/C10H12N3/c1-7(2)9-4-5-13-10(12-9)8(3)6-11-13/h4,6-7H,1-3H3. The van der Waals surface area contributed by atoms with Crippen LogP contribution in [0.15, 0.2) is 12.3 Å². The van der Waals surface area contributed by atoms with E-state index in [4.69, 9.17) is 0 Å².